The molecule has 1 aliphatic heterocycles. The summed E-state index contributed by atoms with van der Waals surface area (Å²) in [5, 5.41) is 0. The van der Waals surface area contributed by atoms with Crippen molar-refractivity contribution in [1.29, 1.82) is 0 Å². The van der Waals surface area contributed by atoms with E-state index in [1.807, 2.05) is 43.0 Å². The molecule has 0 spiro atoms. The molecule has 2 aromatic carbocycles. The van der Waals surface area contributed by atoms with E-state index in [-0.39, 0.29) is 18.0 Å². The van der Waals surface area contributed by atoms with Crippen LogP contribution in [0.25, 0.3) is 0 Å². The van der Waals surface area contributed by atoms with E-state index in [0.717, 1.165) is 11.4 Å². The Morgan fingerprint density at radius 1 is 1.11 bits per heavy atom. The van der Waals surface area contributed by atoms with Crippen molar-refractivity contribution in [2.75, 3.05) is 29.8 Å². The fourth-order valence-electron chi connectivity index (χ4n) is 3.74. The van der Waals surface area contributed by atoms with Crippen LogP contribution < -0.4 is 14.4 Å². The minimum absolute atomic E-state index is 0.0175. The van der Waals surface area contributed by atoms with Crippen LogP contribution in [0.2, 0.25) is 0 Å². The first kappa shape index (κ1) is 20.2. The number of methoxy groups -OCH3 is 1. The lowest BCUT2D eigenvalue weighted by Crippen LogP contribution is -2.58. The number of piperazine rings is 1. The Morgan fingerprint density at radius 3 is 2.29 bits per heavy atom. The molecule has 3 rings (SSSR count). The van der Waals surface area contributed by atoms with E-state index >= 15 is 0 Å². The van der Waals surface area contributed by atoms with Gasteiger partial charge in [-0.25, -0.2) is 4.21 Å². The van der Waals surface area contributed by atoms with E-state index in [0.29, 0.717) is 24.3 Å². The van der Waals surface area contributed by atoms with Gasteiger partial charge in [-0.3, -0.25) is 14.1 Å². The lowest BCUT2D eigenvalue weighted by atomic mass is 10.0. The smallest absolute Gasteiger partial charge is 0.259 e. The maximum absolute atomic E-state index is 13.1. The van der Waals surface area contributed by atoms with Crippen molar-refractivity contribution < 1.29 is 18.3 Å². The van der Waals surface area contributed by atoms with Crippen LogP contribution in [0.3, 0.4) is 0 Å². The van der Waals surface area contributed by atoms with Crippen LogP contribution in [0.15, 0.2) is 48.5 Å². The van der Waals surface area contributed by atoms with Crippen LogP contribution in [0.1, 0.15) is 24.2 Å². The molecule has 1 heterocycles. The molecule has 28 heavy (non-hydrogen) atoms. The summed E-state index contributed by atoms with van der Waals surface area (Å²) in [5.41, 5.74) is 2.07. The molecule has 0 saturated carbocycles. The van der Waals surface area contributed by atoms with Crippen LogP contribution in [0.5, 0.6) is 5.75 Å². The molecule has 150 valence electrons. The molecular weight excluding hydrogens is 378 g/mol. The molecule has 2 N–H and O–H groups in total. The molecule has 1 aliphatic rings. The number of hydrogen-bond acceptors (Lipinski definition) is 4. The highest BCUT2D eigenvalue weighted by molar-refractivity contribution is 7.80. The van der Waals surface area contributed by atoms with Gasteiger partial charge in [0.25, 0.3) is 17.2 Å². The number of carbonyl (C=O) groups is 1. The highest BCUT2D eigenvalue weighted by atomic mass is 32.2. The average molecular weight is 404 g/mol. The monoisotopic (exact) mass is 403 g/mol. The Morgan fingerprint density at radius 2 is 1.71 bits per heavy atom. The van der Waals surface area contributed by atoms with Crippen molar-refractivity contribution in [3.63, 3.8) is 0 Å². The van der Waals surface area contributed by atoms with Crippen molar-refractivity contribution in [2.45, 2.75) is 25.9 Å². The van der Waals surface area contributed by atoms with E-state index < -0.39 is 11.3 Å². The molecular formula is C20H25N3O4S. The van der Waals surface area contributed by atoms with Gasteiger partial charge in [0.15, 0.2) is 0 Å². The summed E-state index contributed by atoms with van der Waals surface area (Å²) >= 11 is -2.14. The van der Waals surface area contributed by atoms with Crippen LogP contribution in [0, 0.1) is 0 Å². The van der Waals surface area contributed by atoms with Crippen molar-refractivity contribution >= 4 is 28.5 Å². The number of anilines is 2. The van der Waals surface area contributed by atoms with E-state index in [1.54, 1.807) is 31.4 Å². The predicted octanol–water partition coefficient (Wildman–Crippen LogP) is 2.98. The van der Waals surface area contributed by atoms with Crippen LogP contribution in [-0.4, -0.2) is 51.9 Å². The topological polar surface area (TPSA) is 82.1 Å². The van der Waals surface area contributed by atoms with Gasteiger partial charge in [-0.2, -0.15) is 0 Å². The first-order chi connectivity index (χ1) is 13.4. The quantitative estimate of drug-likeness (QED) is 0.750. The number of carbonyl (C=O) groups excluding carboxylic acids is 1. The average Bonchev–Trinajstić information content (AvgIpc) is 2.67. The van der Waals surface area contributed by atoms with Gasteiger partial charge in [0.2, 0.25) is 0 Å². The predicted molar refractivity (Wildman–Crippen MR) is 111 cm³/mol. The minimum Gasteiger partial charge on any atom is -0.495 e. The first-order valence-electron chi connectivity index (χ1n) is 9.09. The Balaban J connectivity index is 1.75. The summed E-state index contributed by atoms with van der Waals surface area (Å²) in [6, 6.07) is 14.5. The van der Waals surface area contributed by atoms with Gasteiger partial charge in [0.1, 0.15) is 5.75 Å². The molecule has 0 radical (unpaired) electrons. The van der Waals surface area contributed by atoms with E-state index in [9.17, 15) is 9.00 Å². The van der Waals surface area contributed by atoms with Gasteiger partial charge >= 0.3 is 0 Å². The summed E-state index contributed by atoms with van der Waals surface area (Å²) in [7, 11) is 1.66. The summed E-state index contributed by atoms with van der Waals surface area (Å²) in [4.78, 5) is 17.2. The SMILES string of the molecule is COc1ccccc1N1C[C@@H](C)N(C(=O)c2ccc(NS(=O)O)cc2)[C@@H](C)C1. The highest BCUT2D eigenvalue weighted by Gasteiger charge is 2.34. The van der Waals surface area contributed by atoms with Crippen LogP contribution in [-0.2, 0) is 11.3 Å². The standard InChI is InChI=1S/C20H25N3O4S/c1-14-12-22(18-6-4-5-7-19(18)27-3)13-15(2)23(14)20(24)16-8-10-17(11-9-16)21-28(25)26/h4-11,14-15,21H,12-13H2,1-3H3,(H,25,26)/t14-,15+. The molecule has 2 aromatic rings. The van der Waals surface area contributed by atoms with E-state index in [1.165, 1.54) is 0 Å². The second-order valence-electron chi connectivity index (χ2n) is 6.92. The van der Waals surface area contributed by atoms with Gasteiger partial charge in [0, 0.05) is 36.4 Å². The number of nitrogens with zero attached hydrogens (tertiary/aromatic N) is 2. The van der Waals surface area contributed by atoms with Gasteiger partial charge in [0.05, 0.1) is 12.8 Å². The molecule has 1 unspecified atom stereocenters. The molecule has 7 nitrogen and oxygen atoms in total. The number of nitrogens with one attached hydrogen (secondary N) is 1. The fraction of sp³-hybridized carbons (Fsp3) is 0.350. The third-order valence-electron chi connectivity index (χ3n) is 4.92. The van der Waals surface area contributed by atoms with Gasteiger partial charge in [-0.1, -0.05) is 12.1 Å². The Bertz CT molecular complexity index is 847. The second-order valence-corrected chi connectivity index (χ2v) is 7.62. The number of hydrogen-bond donors (Lipinski definition) is 2. The van der Waals surface area contributed by atoms with E-state index in [4.69, 9.17) is 9.29 Å². The Hall–Kier alpha value is -2.58. The van der Waals surface area contributed by atoms with Crippen molar-refractivity contribution in [2.24, 2.45) is 0 Å². The molecule has 3 atom stereocenters. The summed E-state index contributed by atoms with van der Waals surface area (Å²) in [6.07, 6.45) is 0. The number of para-hydroxylation sites is 2. The molecule has 0 aliphatic carbocycles. The second kappa shape index (κ2) is 8.62. The van der Waals surface area contributed by atoms with Gasteiger partial charge in [-0.15, -0.1) is 0 Å². The molecule has 0 aromatic heterocycles. The van der Waals surface area contributed by atoms with Gasteiger partial charge < -0.3 is 14.5 Å². The zero-order chi connectivity index (χ0) is 20.3. The van der Waals surface area contributed by atoms with Crippen LogP contribution in [0.4, 0.5) is 11.4 Å². The molecule has 1 saturated heterocycles. The molecule has 1 amide bonds. The first-order valence-corrected chi connectivity index (χ1v) is 10.2. The number of ether oxygens (including phenoxy) is 1. The van der Waals surface area contributed by atoms with Crippen molar-refractivity contribution in [1.82, 2.24) is 4.90 Å². The highest BCUT2D eigenvalue weighted by Crippen LogP contribution is 2.31. The van der Waals surface area contributed by atoms with Crippen LogP contribution >= 0.6 is 0 Å². The largest absolute Gasteiger partial charge is 0.495 e. The minimum atomic E-state index is -2.14. The number of amides is 1. The van der Waals surface area contributed by atoms with E-state index in [2.05, 4.69) is 9.62 Å². The normalized spacial score (nSPS) is 20.6. The number of benzene rings is 2. The Labute approximate surface area is 167 Å². The molecule has 0 bridgehead atoms. The third-order valence-corrected chi connectivity index (χ3v) is 5.33. The van der Waals surface area contributed by atoms with Crippen molar-refractivity contribution in [3.8, 4) is 5.75 Å². The fourth-order valence-corrected chi connectivity index (χ4v) is 4.08. The zero-order valence-electron chi connectivity index (χ0n) is 16.2. The maximum atomic E-state index is 13.1. The summed E-state index contributed by atoms with van der Waals surface area (Å²) in [5.74, 6) is 0.780. The summed E-state index contributed by atoms with van der Waals surface area (Å²) < 4.78 is 27.6. The Kier molecular flexibility index (Phi) is 6.21. The lowest BCUT2D eigenvalue weighted by molar-refractivity contribution is 0.0574. The third kappa shape index (κ3) is 4.28. The molecule has 1 fully saturated rings. The maximum Gasteiger partial charge on any atom is 0.259 e. The van der Waals surface area contributed by atoms with Gasteiger partial charge in [-0.05, 0) is 50.2 Å². The number of rotatable bonds is 5. The molecule has 8 heteroatoms. The zero-order valence-corrected chi connectivity index (χ0v) is 17.0. The summed E-state index contributed by atoms with van der Waals surface area (Å²) in [6.45, 7) is 5.50. The van der Waals surface area contributed by atoms with Crippen molar-refractivity contribution in [3.05, 3.63) is 54.1 Å². The lowest BCUT2D eigenvalue weighted by Gasteiger charge is -2.45.